The molecular formula is C13H17N3O6S2. The fourth-order valence-corrected chi connectivity index (χ4v) is 2.74. The fraction of sp³-hybridized carbons (Fsp3) is 0.154. The first-order valence-electron chi connectivity index (χ1n) is 6.41. The Bertz CT molecular complexity index is 803. The van der Waals surface area contributed by atoms with Crippen LogP contribution >= 0.6 is 0 Å². The summed E-state index contributed by atoms with van der Waals surface area (Å²) in [5, 5.41) is 10.2. The van der Waals surface area contributed by atoms with E-state index in [0.29, 0.717) is 16.4 Å². The number of carboxylic acids is 1. The molecule has 9 nitrogen and oxygen atoms in total. The summed E-state index contributed by atoms with van der Waals surface area (Å²) in [6.45, 7) is 6.29. The van der Waals surface area contributed by atoms with Gasteiger partial charge in [-0.15, -0.1) is 0 Å². The smallest absolute Gasteiger partial charge is 0.320 e. The van der Waals surface area contributed by atoms with E-state index in [-0.39, 0.29) is 17.8 Å². The van der Waals surface area contributed by atoms with E-state index in [1.807, 2.05) is 0 Å². The van der Waals surface area contributed by atoms with Crippen molar-refractivity contribution in [3.05, 3.63) is 47.7 Å². The maximum atomic E-state index is 11.6. The van der Waals surface area contributed by atoms with Crippen LogP contribution in [-0.4, -0.2) is 34.0 Å². The Hall–Kier alpha value is -2.37. The molecule has 0 radical (unpaired) electrons. The highest BCUT2D eigenvalue weighted by Gasteiger charge is 2.15. The molecule has 1 aromatic rings. The number of carbonyl (C=O) groups is 1. The second kappa shape index (κ2) is 7.47. The molecule has 132 valence electrons. The molecule has 1 aromatic carbocycles. The number of hydrogen-bond acceptors (Lipinski definition) is 6. The molecule has 0 bridgehead atoms. The molecule has 24 heavy (non-hydrogen) atoms. The standard InChI is InChI=1S/C13H17N3O6S2/c1-3-23(19,20)15-10-5-9(7-12(14)13(17)18)6-11(8-10)16-24(21,22)4-2/h3-6,8,12,15-16H,1-2,7,14H2,(H,17,18). The largest absolute Gasteiger partial charge is 0.480 e. The van der Waals surface area contributed by atoms with Crippen LogP contribution in [0.5, 0.6) is 0 Å². The topological polar surface area (TPSA) is 156 Å². The molecule has 1 unspecified atom stereocenters. The van der Waals surface area contributed by atoms with E-state index in [0.717, 1.165) is 0 Å². The van der Waals surface area contributed by atoms with Crippen molar-refractivity contribution in [2.75, 3.05) is 9.44 Å². The Labute approximate surface area is 140 Å². The van der Waals surface area contributed by atoms with Gasteiger partial charge in [-0.1, -0.05) is 13.2 Å². The van der Waals surface area contributed by atoms with Crippen molar-refractivity contribution in [2.24, 2.45) is 5.73 Å². The summed E-state index contributed by atoms with van der Waals surface area (Å²) in [5.41, 5.74) is 5.80. The van der Waals surface area contributed by atoms with E-state index < -0.39 is 32.1 Å². The van der Waals surface area contributed by atoms with Crippen LogP contribution in [-0.2, 0) is 31.3 Å². The predicted octanol–water partition coefficient (Wildman–Crippen LogP) is 0.411. The van der Waals surface area contributed by atoms with E-state index in [4.69, 9.17) is 10.8 Å². The first-order chi connectivity index (χ1) is 11.0. The first-order valence-corrected chi connectivity index (χ1v) is 9.50. The van der Waals surface area contributed by atoms with Gasteiger partial charge in [-0.3, -0.25) is 14.2 Å². The Kier molecular flexibility index (Phi) is 6.12. The maximum Gasteiger partial charge on any atom is 0.320 e. The fourth-order valence-electron chi connectivity index (χ4n) is 1.68. The van der Waals surface area contributed by atoms with Crippen molar-refractivity contribution in [3.8, 4) is 0 Å². The maximum absolute atomic E-state index is 11.6. The molecule has 0 spiro atoms. The number of nitrogens with two attached hydrogens (primary N) is 1. The number of anilines is 2. The highest BCUT2D eigenvalue weighted by Crippen LogP contribution is 2.22. The Morgan fingerprint density at radius 1 is 1.08 bits per heavy atom. The molecule has 0 heterocycles. The van der Waals surface area contributed by atoms with Crippen molar-refractivity contribution in [1.29, 1.82) is 0 Å². The average Bonchev–Trinajstić information content (AvgIpc) is 2.45. The minimum absolute atomic E-state index is 0.0201. The van der Waals surface area contributed by atoms with E-state index in [2.05, 4.69) is 22.6 Å². The summed E-state index contributed by atoms with van der Waals surface area (Å²) >= 11 is 0. The zero-order valence-corrected chi connectivity index (χ0v) is 14.1. The molecular weight excluding hydrogens is 358 g/mol. The number of benzene rings is 1. The molecule has 0 aliphatic heterocycles. The van der Waals surface area contributed by atoms with E-state index in [1.54, 1.807) is 0 Å². The highest BCUT2D eigenvalue weighted by atomic mass is 32.2. The number of rotatable bonds is 9. The Balaban J connectivity index is 3.30. The van der Waals surface area contributed by atoms with Crippen LogP contribution in [0.1, 0.15) is 5.56 Å². The molecule has 1 atom stereocenters. The van der Waals surface area contributed by atoms with Gasteiger partial charge in [0.1, 0.15) is 6.04 Å². The second-order valence-electron chi connectivity index (χ2n) is 4.69. The van der Waals surface area contributed by atoms with Crippen LogP contribution in [0.2, 0.25) is 0 Å². The van der Waals surface area contributed by atoms with Crippen molar-refractivity contribution in [1.82, 2.24) is 0 Å². The molecule has 5 N–H and O–H groups in total. The zero-order chi connectivity index (χ0) is 18.5. The van der Waals surface area contributed by atoms with Crippen molar-refractivity contribution < 1.29 is 26.7 Å². The summed E-state index contributed by atoms with van der Waals surface area (Å²) in [4.78, 5) is 10.8. The highest BCUT2D eigenvalue weighted by molar-refractivity contribution is 7.95. The average molecular weight is 375 g/mol. The molecule has 0 aliphatic rings. The van der Waals surface area contributed by atoms with Crippen LogP contribution in [0, 0.1) is 0 Å². The Morgan fingerprint density at radius 3 is 1.83 bits per heavy atom. The van der Waals surface area contributed by atoms with Crippen molar-refractivity contribution >= 4 is 37.4 Å². The third kappa shape index (κ3) is 6.02. The van der Waals surface area contributed by atoms with Crippen LogP contribution < -0.4 is 15.2 Å². The normalized spacial score (nSPS) is 12.9. The molecule has 11 heteroatoms. The third-order valence-electron chi connectivity index (χ3n) is 2.72. The van der Waals surface area contributed by atoms with Gasteiger partial charge in [0.05, 0.1) is 11.4 Å². The van der Waals surface area contributed by atoms with Crippen LogP contribution in [0.4, 0.5) is 11.4 Å². The quantitative estimate of drug-likeness (QED) is 0.487. The lowest BCUT2D eigenvalue weighted by atomic mass is 10.1. The van der Waals surface area contributed by atoms with Crippen LogP contribution in [0.3, 0.4) is 0 Å². The molecule has 0 fully saturated rings. The van der Waals surface area contributed by atoms with Gasteiger partial charge in [0.15, 0.2) is 0 Å². The summed E-state index contributed by atoms with van der Waals surface area (Å²) in [6.07, 6.45) is -0.137. The van der Waals surface area contributed by atoms with Gasteiger partial charge in [-0.2, -0.15) is 0 Å². The molecule has 0 saturated heterocycles. The van der Waals surface area contributed by atoms with Gasteiger partial charge in [0.25, 0.3) is 20.0 Å². The molecule has 0 aromatic heterocycles. The van der Waals surface area contributed by atoms with E-state index in [9.17, 15) is 21.6 Å². The van der Waals surface area contributed by atoms with Gasteiger partial charge in [0, 0.05) is 10.8 Å². The van der Waals surface area contributed by atoms with Gasteiger partial charge in [0.2, 0.25) is 0 Å². The van der Waals surface area contributed by atoms with Crippen LogP contribution in [0.15, 0.2) is 42.2 Å². The predicted molar refractivity (Wildman–Crippen MR) is 91.2 cm³/mol. The number of nitrogens with one attached hydrogen (secondary N) is 2. The molecule has 1 rings (SSSR count). The minimum Gasteiger partial charge on any atom is -0.480 e. The monoisotopic (exact) mass is 375 g/mol. The summed E-state index contributed by atoms with van der Waals surface area (Å²) in [6, 6.07) is 2.67. The molecule has 0 amide bonds. The molecule has 0 saturated carbocycles. The van der Waals surface area contributed by atoms with Gasteiger partial charge in [-0.25, -0.2) is 16.8 Å². The lowest BCUT2D eigenvalue weighted by molar-refractivity contribution is -0.138. The summed E-state index contributed by atoms with van der Waals surface area (Å²) in [5.74, 6) is -1.25. The first kappa shape index (κ1) is 19.7. The zero-order valence-electron chi connectivity index (χ0n) is 12.5. The number of sulfonamides is 2. The van der Waals surface area contributed by atoms with Gasteiger partial charge in [-0.05, 0) is 30.2 Å². The number of aliphatic carboxylic acids is 1. The third-order valence-corrected chi connectivity index (χ3v) is 4.64. The van der Waals surface area contributed by atoms with Crippen LogP contribution in [0.25, 0.3) is 0 Å². The number of hydrogen-bond donors (Lipinski definition) is 4. The lowest BCUT2D eigenvalue weighted by Gasteiger charge is -2.13. The summed E-state index contributed by atoms with van der Waals surface area (Å²) < 4.78 is 50.6. The Morgan fingerprint density at radius 2 is 1.50 bits per heavy atom. The summed E-state index contributed by atoms with van der Waals surface area (Å²) in [7, 11) is -7.66. The van der Waals surface area contributed by atoms with E-state index in [1.165, 1.54) is 18.2 Å². The lowest BCUT2D eigenvalue weighted by Crippen LogP contribution is -2.32. The second-order valence-corrected chi connectivity index (χ2v) is 7.95. The van der Waals surface area contributed by atoms with Crippen molar-refractivity contribution in [2.45, 2.75) is 12.5 Å². The number of carboxylic acid groups (broad SMARTS) is 1. The SMILES string of the molecule is C=CS(=O)(=O)Nc1cc(CC(N)C(=O)O)cc(NS(=O)(=O)C=C)c1. The van der Waals surface area contributed by atoms with E-state index >= 15 is 0 Å². The van der Waals surface area contributed by atoms with Crippen molar-refractivity contribution in [3.63, 3.8) is 0 Å². The van der Waals surface area contributed by atoms with Gasteiger partial charge >= 0.3 is 5.97 Å². The molecule has 0 aliphatic carbocycles. The minimum atomic E-state index is -3.83. The van der Waals surface area contributed by atoms with Gasteiger partial charge < -0.3 is 10.8 Å².